The number of rotatable bonds is 11. The van der Waals surface area contributed by atoms with E-state index in [0.717, 1.165) is 4.57 Å². The molecule has 0 unspecified atom stereocenters. The van der Waals surface area contributed by atoms with Gasteiger partial charge in [-0.1, -0.05) is 32.9 Å². The predicted molar refractivity (Wildman–Crippen MR) is 199 cm³/mol. The van der Waals surface area contributed by atoms with Crippen molar-refractivity contribution >= 4 is 39.2 Å². The lowest BCUT2D eigenvalue weighted by Gasteiger charge is -2.21. The number of nitrogens with one attached hydrogen (secondary N) is 3. The zero-order valence-electron chi connectivity index (χ0n) is 31.0. The minimum absolute atomic E-state index is 0.0675. The molecule has 0 spiro atoms. The van der Waals surface area contributed by atoms with E-state index in [1.807, 2.05) is 4.72 Å². The van der Waals surface area contributed by atoms with Crippen LogP contribution in [0.3, 0.4) is 0 Å². The van der Waals surface area contributed by atoms with Crippen LogP contribution in [0.5, 0.6) is 0 Å². The molecule has 14 nitrogen and oxygen atoms in total. The van der Waals surface area contributed by atoms with E-state index in [2.05, 4.69) is 10.6 Å². The van der Waals surface area contributed by atoms with Gasteiger partial charge in [0.15, 0.2) is 0 Å². The average molecular weight is 782 g/mol. The summed E-state index contributed by atoms with van der Waals surface area (Å²) in [7, 11) is -2.87. The maximum Gasteiger partial charge on any atom is 0.335 e. The van der Waals surface area contributed by atoms with E-state index >= 15 is 8.78 Å². The van der Waals surface area contributed by atoms with Crippen LogP contribution in [0, 0.1) is 17.0 Å². The first kappa shape index (κ1) is 40.5. The van der Waals surface area contributed by atoms with Gasteiger partial charge in [0.05, 0.1) is 46.7 Å². The molecule has 0 saturated heterocycles. The second-order valence-electron chi connectivity index (χ2n) is 14.2. The molecule has 55 heavy (non-hydrogen) atoms. The van der Waals surface area contributed by atoms with Crippen LogP contribution in [-0.4, -0.2) is 54.1 Å². The Balaban J connectivity index is 1.33. The van der Waals surface area contributed by atoms with E-state index in [4.69, 9.17) is 9.47 Å². The highest BCUT2D eigenvalue weighted by molar-refractivity contribution is 7.92. The average Bonchev–Trinajstić information content (AvgIpc) is 3.12. The monoisotopic (exact) mass is 781 g/mol. The molecule has 0 aliphatic carbocycles. The summed E-state index contributed by atoms with van der Waals surface area (Å²) in [6.07, 6.45) is -0.347. The zero-order chi connectivity index (χ0) is 40.4. The van der Waals surface area contributed by atoms with Crippen LogP contribution in [0.25, 0.3) is 5.69 Å². The van der Waals surface area contributed by atoms with Gasteiger partial charge in [-0.05, 0) is 61.9 Å². The molecule has 292 valence electrons. The highest BCUT2D eigenvalue weighted by atomic mass is 32.2. The van der Waals surface area contributed by atoms with Gasteiger partial charge in [0.25, 0.3) is 21.5 Å². The normalized spacial score (nSPS) is 13.5. The van der Waals surface area contributed by atoms with Gasteiger partial charge in [-0.2, -0.15) is 0 Å². The van der Waals surface area contributed by atoms with E-state index in [9.17, 15) is 32.4 Å². The standard InChI is InChI=1S/C38H41F2N5O9S/c1-21(2)54-35(48)31(17-22-7-11-24(12-8-22)45-34(47)27-20-53-16-15-32(27)44(6)37(45)50)42-33(46)26-18-29(40)30(19-28(26)39)43-55(51,52)25-13-9-23(10-14-25)41-36(49)38(3,4)5/h7-14,18-19,21,31,43H,15-17,20H2,1-6H3,(H,41,49)(H,42,46)/t31-/m0/s1. The second kappa shape index (κ2) is 16.0. The van der Waals surface area contributed by atoms with Gasteiger partial charge in [-0.15, -0.1) is 0 Å². The summed E-state index contributed by atoms with van der Waals surface area (Å²) in [5, 5.41) is 5.02. The highest BCUT2D eigenvalue weighted by Crippen LogP contribution is 2.25. The fourth-order valence-corrected chi connectivity index (χ4v) is 6.71. The smallest absolute Gasteiger partial charge is 0.335 e. The molecule has 0 radical (unpaired) electrons. The molecule has 0 bridgehead atoms. The summed E-state index contributed by atoms with van der Waals surface area (Å²) in [6.45, 7) is 8.75. The molecule has 1 aliphatic heterocycles. The Labute approximate surface area is 315 Å². The SMILES string of the molecule is CC(C)OC(=O)[C@H](Cc1ccc(-n2c(=O)c3c(n(C)c2=O)CCOC3)cc1)NC(=O)c1cc(F)c(NS(=O)(=O)c2ccc(NC(=O)C(C)(C)C)cc2)cc1F. The van der Waals surface area contributed by atoms with Crippen molar-refractivity contribution in [2.75, 3.05) is 16.6 Å². The third-order valence-electron chi connectivity index (χ3n) is 8.65. The number of fused-ring (bicyclic) bond motifs is 1. The Morgan fingerprint density at radius 1 is 0.964 bits per heavy atom. The molecule has 2 heterocycles. The maximum absolute atomic E-state index is 15.3. The summed E-state index contributed by atoms with van der Waals surface area (Å²) < 4.78 is 71.7. The van der Waals surface area contributed by atoms with Crippen LogP contribution < -0.4 is 26.6 Å². The minimum Gasteiger partial charge on any atom is -0.461 e. The van der Waals surface area contributed by atoms with Crippen molar-refractivity contribution in [1.29, 1.82) is 0 Å². The van der Waals surface area contributed by atoms with Gasteiger partial charge in [0.1, 0.15) is 17.7 Å². The molecular weight excluding hydrogens is 741 g/mol. The number of nitrogens with zero attached hydrogens (tertiary/aromatic N) is 2. The Hall–Kier alpha value is -5.68. The second-order valence-corrected chi connectivity index (χ2v) is 15.9. The largest absolute Gasteiger partial charge is 0.461 e. The first-order valence-electron chi connectivity index (χ1n) is 17.2. The van der Waals surface area contributed by atoms with Gasteiger partial charge in [0, 0.05) is 42.8 Å². The van der Waals surface area contributed by atoms with Crippen LogP contribution in [-0.2, 0) is 55.6 Å². The zero-order valence-corrected chi connectivity index (χ0v) is 31.8. The molecule has 17 heteroatoms. The quantitative estimate of drug-likeness (QED) is 0.190. The molecule has 1 atom stereocenters. The number of benzene rings is 3. The topological polar surface area (TPSA) is 184 Å². The lowest BCUT2D eigenvalue weighted by molar-refractivity contribution is -0.149. The van der Waals surface area contributed by atoms with E-state index in [1.165, 1.54) is 53.1 Å². The number of halogens is 2. The maximum atomic E-state index is 15.3. The molecule has 4 aromatic rings. The number of hydrogen-bond acceptors (Lipinski definition) is 9. The Morgan fingerprint density at radius 2 is 1.62 bits per heavy atom. The highest BCUT2D eigenvalue weighted by Gasteiger charge is 2.28. The Morgan fingerprint density at radius 3 is 2.24 bits per heavy atom. The van der Waals surface area contributed by atoms with Crippen LogP contribution in [0.15, 0.2) is 75.1 Å². The van der Waals surface area contributed by atoms with Gasteiger partial charge in [-0.3, -0.25) is 23.7 Å². The van der Waals surface area contributed by atoms with E-state index in [1.54, 1.807) is 41.7 Å². The van der Waals surface area contributed by atoms with Crippen LogP contribution >= 0.6 is 0 Å². The number of carbonyl (C=O) groups is 3. The lowest BCUT2D eigenvalue weighted by Crippen LogP contribution is -2.44. The lowest BCUT2D eigenvalue weighted by atomic mass is 9.95. The van der Waals surface area contributed by atoms with Gasteiger partial charge < -0.3 is 20.1 Å². The van der Waals surface area contributed by atoms with Crippen molar-refractivity contribution in [3.05, 3.63) is 116 Å². The summed E-state index contributed by atoms with van der Waals surface area (Å²) in [5.41, 5.74) is -1.34. The Kier molecular flexibility index (Phi) is 11.8. The van der Waals surface area contributed by atoms with Crippen LogP contribution in [0.2, 0.25) is 0 Å². The molecule has 5 rings (SSSR count). The third kappa shape index (κ3) is 9.17. The predicted octanol–water partition coefficient (Wildman–Crippen LogP) is 3.97. The number of esters is 1. The molecule has 0 fully saturated rings. The van der Waals surface area contributed by atoms with Crippen molar-refractivity contribution in [3.8, 4) is 5.69 Å². The van der Waals surface area contributed by atoms with Crippen molar-refractivity contribution in [3.63, 3.8) is 0 Å². The summed E-state index contributed by atoms with van der Waals surface area (Å²) in [6, 6.07) is 10.7. The minimum atomic E-state index is -4.44. The molecule has 1 aromatic heterocycles. The number of anilines is 2. The molecule has 1 aliphatic rings. The van der Waals surface area contributed by atoms with Crippen molar-refractivity contribution in [2.45, 2.75) is 71.1 Å². The van der Waals surface area contributed by atoms with E-state index in [-0.39, 0.29) is 29.5 Å². The first-order chi connectivity index (χ1) is 25.8. The van der Waals surface area contributed by atoms with E-state index < -0.39 is 73.6 Å². The van der Waals surface area contributed by atoms with Crippen molar-refractivity contribution < 1.29 is 41.1 Å². The fraction of sp³-hybridized carbons (Fsp3) is 0.342. The first-order valence-corrected chi connectivity index (χ1v) is 18.7. The molecular formula is C38H41F2N5O9S. The number of carbonyl (C=O) groups excluding carboxylic acids is 3. The van der Waals surface area contributed by atoms with Crippen molar-refractivity contribution in [1.82, 2.24) is 14.5 Å². The fourth-order valence-electron chi connectivity index (χ4n) is 5.65. The van der Waals surface area contributed by atoms with Gasteiger partial charge in [0.2, 0.25) is 5.91 Å². The van der Waals surface area contributed by atoms with Gasteiger partial charge >= 0.3 is 11.7 Å². The summed E-state index contributed by atoms with van der Waals surface area (Å²) in [4.78, 5) is 64.6. The molecule has 3 aromatic carbocycles. The summed E-state index contributed by atoms with van der Waals surface area (Å²) >= 11 is 0. The van der Waals surface area contributed by atoms with E-state index in [0.29, 0.717) is 47.7 Å². The van der Waals surface area contributed by atoms with Crippen molar-refractivity contribution in [2.24, 2.45) is 12.5 Å². The molecule has 2 amide bonds. The number of sulfonamides is 1. The number of aromatic nitrogens is 2. The number of hydrogen-bond donors (Lipinski definition) is 3. The molecule has 0 saturated carbocycles. The van der Waals surface area contributed by atoms with Gasteiger partial charge in [-0.25, -0.2) is 31.4 Å². The third-order valence-corrected chi connectivity index (χ3v) is 10.0. The van der Waals surface area contributed by atoms with Crippen LogP contribution in [0.4, 0.5) is 20.2 Å². The number of amides is 2. The molecule has 3 N–H and O–H groups in total. The number of ether oxygens (including phenoxy) is 2. The Bertz CT molecular complexity index is 2370. The van der Waals surface area contributed by atoms with Crippen LogP contribution in [0.1, 0.15) is 61.8 Å². The summed E-state index contributed by atoms with van der Waals surface area (Å²) in [5.74, 6) is -4.93.